The van der Waals surface area contributed by atoms with Gasteiger partial charge in [-0.1, -0.05) is 0 Å². The average Bonchev–Trinajstić information content (AvgIpc) is 2.64. The molecule has 0 N–H and O–H groups in total. The van der Waals surface area contributed by atoms with E-state index >= 15 is 0 Å². The van der Waals surface area contributed by atoms with E-state index in [1.807, 2.05) is 25.7 Å². The molecule has 0 aromatic carbocycles. The molecular weight excluding hydrogens is 218 g/mol. The number of amides is 1. The Labute approximate surface area is 103 Å². The van der Waals surface area contributed by atoms with Gasteiger partial charge in [-0.15, -0.1) is 0 Å². The fourth-order valence-corrected chi connectivity index (χ4v) is 2.66. The van der Waals surface area contributed by atoms with E-state index in [2.05, 4.69) is 0 Å². The van der Waals surface area contributed by atoms with Crippen molar-refractivity contribution in [3.8, 4) is 0 Å². The molecule has 2 heterocycles. The Balaban J connectivity index is 1.95. The Kier molecular flexibility index (Phi) is 3.34. The van der Waals surface area contributed by atoms with Gasteiger partial charge in [0.05, 0.1) is 6.61 Å². The van der Waals surface area contributed by atoms with Crippen molar-refractivity contribution in [2.45, 2.75) is 45.6 Å². The summed E-state index contributed by atoms with van der Waals surface area (Å²) in [5.74, 6) is 0. The Morgan fingerprint density at radius 3 is 2.71 bits per heavy atom. The molecule has 1 atom stereocenters. The van der Waals surface area contributed by atoms with Crippen LogP contribution in [-0.4, -0.2) is 42.9 Å². The van der Waals surface area contributed by atoms with Gasteiger partial charge in [0.15, 0.2) is 0 Å². The lowest BCUT2D eigenvalue weighted by atomic mass is 9.79. The summed E-state index contributed by atoms with van der Waals surface area (Å²) in [4.78, 5) is 13.9. The molecule has 2 aliphatic heterocycles. The number of carbonyl (C=O) groups is 1. The largest absolute Gasteiger partial charge is 0.444 e. The first-order valence-corrected chi connectivity index (χ1v) is 6.46. The first-order valence-electron chi connectivity index (χ1n) is 6.46. The topological polar surface area (TPSA) is 38.8 Å². The van der Waals surface area contributed by atoms with Crippen LogP contribution >= 0.6 is 0 Å². The van der Waals surface area contributed by atoms with Gasteiger partial charge in [0, 0.05) is 25.1 Å². The molecule has 1 unspecified atom stereocenters. The highest BCUT2D eigenvalue weighted by atomic mass is 16.6. The second-order valence-electron chi connectivity index (χ2n) is 6.31. The molecule has 4 nitrogen and oxygen atoms in total. The highest BCUT2D eigenvalue weighted by Crippen LogP contribution is 2.37. The molecule has 2 aliphatic rings. The van der Waals surface area contributed by atoms with E-state index in [1.165, 1.54) is 6.42 Å². The van der Waals surface area contributed by atoms with E-state index in [9.17, 15) is 4.79 Å². The first kappa shape index (κ1) is 12.7. The van der Waals surface area contributed by atoms with Gasteiger partial charge < -0.3 is 14.4 Å². The Hall–Kier alpha value is -0.770. The van der Waals surface area contributed by atoms with Crippen LogP contribution in [0.4, 0.5) is 4.79 Å². The Morgan fingerprint density at radius 1 is 1.35 bits per heavy atom. The molecule has 0 saturated carbocycles. The summed E-state index contributed by atoms with van der Waals surface area (Å²) in [6.07, 6.45) is 3.13. The van der Waals surface area contributed by atoms with Crippen LogP contribution in [0.1, 0.15) is 40.0 Å². The quantitative estimate of drug-likeness (QED) is 0.654. The lowest BCUT2D eigenvalue weighted by Crippen LogP contribution is -2.48. The Bertz CT molecular complexity index is 290. The van der Waals surface area contributed by atoms with Gasteiger partial charge in [-0.2, -0.15) is 0 Å². The third-order valence-corrected chi connectivity index (χ3v) is 3.50. The van der Waals surface area contributed by atoms with Crippen LogP contribution in [0.3, 0.4) is 0 Å². The second-order valence-corrected chi connectivity index (χ2v) is 6.31. The molecule has 0 aliphatic carbocycles. The van der Waals surface area contributed by atoms with Gasteiger partial charge in [0.1, 0.15) is 5.60 Å². The molecule has 2 saturated heterocycles. The SMILES string of the molecule is CC(C)(C)OC(=O)N1CCCC2(CCOC2)C1. The zero-order valence-electron chi connectivity index (χ0n) is 11.1. The molecule has 0 aromatic heterocycles. The molecule has 0 aromatic rings. The minimum atomic E-state index is -0.409. The summed E-state index contributed by atoms with van der Waals surface area (Å²) in [6, 6.07) is 0. The van der Waals surface area contributed by atoms with Crippen molar-refractivity contribution >= 4 is 6.09 Å². The third-order valence-electron chi connectivity index (χ3n) is 3.50. The standard InChI is InChI=1S/C13H23NO3/c1-12(2,3)17-11(15)14-7-4-5-13(9-14)6-8-16-10-13/h4-10H2,1-3H3. The molecule has 1 spiro atoms. The molecule has 0 bridgehead atoms. The van der Waals surface area contributed by atoms with Crippen LogP contribution in [0.15, 0.2) is 0 Å². The highest BCUT2D eigenvalue weighted by Gasteiger charge is 2.41. The number of likely N-dealkylation sites (tertiary alicyclic amines) is 1. The van der Waals surface area contributed by atoms with Crippen LogP contribution in [0, 0.1) is 5.41 Å². The molecule has 98 valence electrons. The summed E-state index contributed by atoms with van der Waals surface area (Å²) < 4.78 is 10.9. The predicted octanol–water partition coefficient (Wildman–Crippen LogP) is 2.42. The van der Waals surface area contributed by atoms with Crippen molar-refractivity contribution in [2.75, 3.05) is 26.3 Å². The van der Waals surface area contributed by atoms with Gasteiger partial charge in [0.25, 0.3) is 0 Å². The molecule has 4 heteroatoms. The molecular formula is C13H23NO3. The van der Waals surface area contributed by atoms with Gasteiger partial charge in [0.2, 0.25) is 0 Å². The number of hydrogen-bond acceptors (Lipinski definition) is 3. The maximum atomic E-state index is 12.0. The number of ether oxygens (including phenoxy) is 2. The summed E-state index contributed by atoms with van der Waals surface area (Å²) >= 11 is 0. The smallest absolute Gasteiger partial charge is 0.410 e. The number of rotatable bonds is 0. The van der Waals surface area contributed by atoms with Crippen molar-refractivity contribution in [3.05, 3.63) is 0 Å². The zero-order valence-corrected chi connectivity index (χ0v) is 11.1. The van der Waals surface area contributed by atoms with E-state index in [0.717, 1.165) is 39.1 Å². The maximum Gasteiger partial charge on any atom is 0.410 e. The van der Waals surface area contributed by atoms with E-state index < -0.39 is 5.60 Å². The normalized spacial score (nSPS) is 29.7. The Morgan fingerprint density at radius 2 is 2.12 bits per heavy atom. The van der Waals surface area contributed by atoms with Crippen molar-refractivity contribution in [1.29, 1.82) is 0 Å². The lowest BCUT2D eigenvalue weighted by Gasteiger charge is -2.39. The number of piperidine rings is 1. The number of hydrogen-bond donors (Lipinski definition) is 0. The highest BCUT2D eigenvalue weighted by molar-refractivity contribution is 5.68. The summed E-state index contributed by atoms with van der Waals surface area (Å²) in [7, 11) is 0. The van der Waals surface area contributed by atoms with Gasteiger partial charge >= 0.3 is 6.09 Å². The van der Waals surface area contributed by atoms with E-state index in [-0.39, 0.29) is 11.5 Å². The van der Waals surface area contributed by atoms with E-state index in [1.54, 1.807) is 0 Å². The number of nitrogens with zero attached hydrogens (tertiary/aromatic N) is 1. The fourth-order valence-electron chi connectivity index (χ4n) is 2.66. The lowest BCUT2D eigenvalue weighted by molar-refractivity contribution is 0.00227. The van der Waals surface area contributed by atoms with Crippen LogP contribution in [-0.2, 0) is 9.47 Å². The second kappa shape index (κ2) is 4.48. The molecule has 0 radical (unpaired) electrons. The summed E-state index contributed by atoms with van der Waals surface area (Å²) in [5, 5.41) is 0. The predicted molar refractivity (Wildman–Crippen MR) is 64.9 cm³/mol. The van der Waals surface area contributed by atoms with Crippen LogP contribution in [0.25, 0.3) is 0 Å². The van der Waals surface area contributed by atoms with Crippen molar-refractivity contribution in [1.82, 2.24) is 4.90 Å². The van der Waals surface area contributed by atoms with Crippen molar-refractivity contribution in [2.24, 2.45) is 5.41 Å². The van der Waals surface area contributed by atoms with Crippen molar-refractivity contribution in [3.63, 3.8) is 0 Å². The minimum Gasteiger partial charge on any atom is -0.444 e. The molecule has 17 heavy (non-hydrogen) atoms. The van der Waals surface area contributed by atoms with Gasteiger partial charge in [-0.05, 0) is 40.0 Å². The van der Waals surface area contributed by atoms with Gasteiger partial charge in [-0.25, -0.2) is 4.79 Å². The molecule has 1 amide bonds. The van der Waals surface area contributed by atoms with E-state index in [0.29, 0.717) is 0 Å². The third kappa shape index (κ3) is 3.12. The van der Waals surface area contributed by atoms with E-state index in [4.69, 9.17) is 9.47 Å². The van der Waals surface area contributed by atoms with Crippen LogP contribution in [0.2, 0.25) is 0 Å². The molecule has 2 fully saturated rings. The van der Waals surface area contributed by atoms with Crippen molar-refractivity contribution < 1.29 is 14.3 Å². The maximum absolute atomic E-state index is 12.0. The summed E-state index contributed by atoms with van der Waals surface area (Å²) in [6.45, 7) is 8.96. The monoisotopic (exact) mass is 241 g/mol. The molecule has 2 rings (SSSR count). The van der Waals surface area contributed by atoms with Crippen LogP contribution in [0.5, 0.6) is 0 Å². The average molecular weight is 241 g/mol. The zero-order chi connectivity index (χ0) is 12.5. The fraction of sp³-hybridized carbons (Fsp3) is 0.923. The number of carbonyl (C=O) groups excluding carboxylic acids is 1. The van der Waals surface area contributed by atoms with Gasteiger partial charge in [-0.3, -0.25) is 0 Å². The van der Waals surface area contributed by atoms with Crippen LogP contribution < -0.4 is 0 Å². The first-order chi connectivity index (χ1) is 7.90. The summed E-state index contributed by atoms with van der Waals surface area (Å²) in [5.41, 5.74) is -0.205. The minimum absolute atomic E-state index is 0.177.